The quantitative estimate of drug-likeness (QED) is 0.716. The molecule has 2 nitrogen and oxygen atoms in total. The van der Waals surface area contributed by atoms with Crippen LogP contribution in [0.4, 0.5) is 18.9 Å². The first-order valence-electron chi connectivity index (χ1n) is 7.14. The van der Waals surface area contributed by atoms with Crippen molar-refractivity contribution in [2.45, 2.75) is 18.0 Å². The molecule has 2 N–H and O–H groups in total. The van der Waals surface area contributed by atoms with Gasteiger partial charge in [0.15, 0.2) is 0 Å². The van der Waals surface area contributed by atoms with Crippen LogP contribution in [0.3, 0.4) is 0 Å². The van der Waals surface area contributed by atoms with Crippen molar-refractivity contribution < 1.29 is 13.2 Å². The first-order valence-corrected chi connectivity index (χ1v) is 7.89. The van der Waals surface area contributed by atoms with Crippen molar-refractivity contribution in [1.82, 2.24) is 0 Å². The molecule has 1 aliphatic rings. The van der Waals surface area contributed by atoms with E-state index in [1.807, 2.05) is 0 Å². The summed E-state index contributed by atoms with van der Waals surface area (Å²) in [5.74, 6) is 0. The molecule has 1 atom stereocenters. The molecular weight excluding hydrogens is 360 g/mol. The van der Waals surface area contributed by atoms with Gasteiger partial charge in [-0.15, -0.1) is 0 Å². The van der Waals surface area contributed by atoms with Crippen molar-refractivity contribution in [3.05, 3.63) is 63.6 Å². The van der Waals surface area contributed by atoms with Crippen LogP contribution in [-0.4, -0.2) is 18.4 Å². The number of aliphatic imine (C=N–C) groups is 1. The maximum absolute atomic E-state index is 13.9. The molecule has 1 aliphatic heterocycles. The maximum atomic E-state index is 13.9. The standard InChI is InChI=1S/C17H13Cl2F3N2/c18-12-5-11(6-13(19)7-12)16(17(20,21)22)8-15(24-9-16)10-1-3-14(23)4-2-10/h1-7H,8-9,23H2. The Morgan fingerprint density at radius 3 is 2.12 bits per heavy atom. The van der Waals surface area contributed by atoms with Gasteiger partial charge < -0.3 is 5.73 Å². The molecule has 0 radical (unpaired) electrons. The average Bonchev–Trinajstić information content (AvgIpc) is 2.93. The summed E-state index contributed by atoms with van der Waals surface area (Å²) in [6, 6.07) is 10.7. The average molecular weight is 373 g/mol. The Hall–Kier alpha value is -1.72. The van der Waals surface area contributed by atoms with E-state index in [1.165, 1.54) is 18.2 Å². The lowest BCUT2D eigenvalue weighted by Crippen LogP contribution is -2.43. The Morgan fingerprint density at radius 1 is 1.00 bits per heavy atom. The van der Waals surface area contributed by atoms with Crippen LogP contribution < -0.4 is 5.73 Å². The first-order chi connectivity index (χ1) is 11.2. The normalized spacial score (nSPS) is 21.0. The van der Waals surface area contributed by atoms with E-state index in [0.717, 1.165) is 0 Å². The predicted molar refractivity (Wildman–Crippen MR) is 91.1 cm³/mol. The molecule has 2 aromatic carbocycles. The van der Waals surface area contributed by atoms with Gasteiger partial charge in [0.2, 0.25) is 0 Å². The van der Waals surface area contributed by atoms with Crippen LogP contribution >= 0.6 is 23.2 Å². The van der Waals surface area contributed by atoms with Crippen molar-refractivity contribution in [1.29, 1.82) is 0 Å². The SMILES string of the molecule is Nc1ccc(C2=NCC(c3cc(Cl)cc(Cl)c3)(C(F)(F)F)C2)cc1. The summed E-state index contributed by atoms with van der Waals surface area (Å²) in [6.07, 6.45) is -4.75. The molecule has 0 spiro atoms. The second-order valence-corrected chi connectivity index (χ2v) is 6.67. The highest BCUT2D eigenvalue weighted by Crippen LogP contribution is 2.48. The second kappa shape index (κ2) is 5.97. The monoisotopic (exact) mass is 372 g/mol. The van der Waals surface area contributed by atoms with Crippen molar-refractivity contribution in [2.24, 2.45) is 4.99 Å². The van der Waals surface area contributed by atoms with Gasteiger partial charge in [0, 0.05) is 27.9 Å². The molecule has 0 fully saturated rings. The molecule has 0 amide bonds. The van der Waals surface area contributed by atoms with Gasteiger partial charge in [0.25, 0.3) is 0 Å². The zero-order chi connectivity index (χ0) is 17.5. The Kier molecular flexibility index (Phi) is 4.26. The van der Waals surface area contributed by atoms with E-state index in [1.54, 1.807) is 24.3 Å². The molecule has 1 heterocycles. The van der Waals surface area contributed by atoms with E-state index >= 15 is 0 Å². The van der Waals surface area contributed by atoms with Crippen LogP contribution in [0.25, 0.3) is 0 Å². The molecule has 0 saturated heterocycles. The summed E-state index contributed by atoms with van der Waals surface area (Å²) < 4.78 is 41.8. The van der Waals surface area contributed by atoms with Gasteiger partial charge in [0.05, 0.1) is 6.54 Å². The lowest BCUT2D eigenvalue weighted by molar-refractivity contribution is -0.183. The summed E-state index contributed by atoms with van der Waals surface area (Å²) >= 11 is 11.8. The third kappa shape index (κ3) is 2.98. The number of rotatable bonds is 2. The maximum Gasteiger partial charge on any atom is 0.400 e. The summed E-state index contributed by atoms with van der Waals surface area (Å²) in [7, 11) is 0. The first kappa shape index (κ1) is 17.1. The molecule has 24 heavy (non-hydrogen) atoms. The molecule has 0 aliphatic carbocycles. The highest BCUT2D eigenvalue weighted by atomic mass is 35.5. The number of nitrogens with two attached hydrogens (primary N) is 1. The van der Waals surface area contributed by atoms with Gasteiger partial charge in [-0.3, -0.25) is 4.99 Å². The van der Waals surface area contributed by atoms with Crippen LogP contribution in [0.5, 0.6) is 0 Å². The largest absolute Gasteiger partial charge is 0.400 e. The lowest BCUT2D eigenvalue weighted by atomic mass is 9.76. The third-order valence-electron chi connectivity index (χ3n) is 4.21. The van der Waals surface area contributed by atoms with E-state index in [0.29, 0.717) is 17.0 Å². The fraction of sp³-hybridized carbons (Fsp3) is 0.235. The molecular formula is C17H13Cl2F3N2. The Balaban J connectivity index is 2.03. The topological polar surface area (TPSA) is 38.4 Å². The summed E-state index contributed by atoms with van der Waals surface area (Å²) in [5, 5.41) is 0.337. The van der Waals surface area contributed by atoms with Crippen molar-refractivity contribution in [3.63, 3.8) is 0 Å². The summed E-state index contributed by atoms with van der Waals surface area (Å²) in [4.78, 5) is 4.16. The Labute approximate surface area is 147 Å². The molecule has 7 heteroatoms. The molecule has 2 aromatic rings. The van der Waals surface area contributed by atoms with E-state index in [4.69, 9.17) is 28.9 Å². The van der Waals surface area contributed by atoms with Gasteiger partial charge >= 0.3 is 6.18 Å². The van der Waals surface area contributed by atoms with E-state index < -0.39 is 18.1 Å². The fourth-order valence-corrected chi connectivity index (χ4v) is 3.40. The number of nitrogen functional groups attached to an aromatic ring is 1. The Bertz CT molecular complexity index is 780. The van der Waals surface area contributed by atoms with Crippen molar-refractivity contribution >= 4 is 34.6 Å². The molecule has 0 bridgehead atoms. The van der Waals surface area contributed by atoms with Gasteiger partial charge in [-0.05, 0) is 41.5 Å². The molecule has 0 aromatic heterocycles. The summed E-state index contributed by atoms with van der Waals surface area (Å²) in [6.45, 7) is -0.396. The van der Waals surface area contributed by atoms with Crippen molar-refractivity contribution in [3.8, 4) is 0 Å². The number of alkyl halides is 3. The van der Waals surface area contributed by atoms with Crippen LogP contribution in [-0.2, 0) is 5.41 Å². The van der Waals surface area contributed by atoms with Crippen LogP contribution in [0.2, 0.25) is 10.0 Å². The molecule has 126 valence electrons. The predicted octanol–water partition coefficient (Wildman–Crippen LogP) is 5.27. The number of nitrogens with zero attached hydrogens (tertiary/aromatic N) is 1. The van der Waals surface area contributed by atoms with E-state index in [2.05, 4.69) is 4.99 Å². The van der Waals surface area contributed by atoms with E-state index in [9.17, 15) is 13.2 Å². The minimum atomic E-state index is -4.49. The smallest absolute Gasteiger partial charge is 0.399 e. The highest BCUT2D eigenvalue weighted by molar-refractivity contribution is 6.34. The number of benzene rings is 2. The van der Waals surface area contributed by atoms with Crippen molar-refractivity contribution in [2.75, 3.05) is 12.3 Å². The molecule has 0 saturated carbocycles. The van der Waals surface area contributed by atoms with Gasteiger partial charge in [-0.25, -0.2) is 0 Å². The van der Waals surface area contributed by atoms with Gasteiger partial charge in [0.1, 0.15) is 5.41 Å². The second-order valence-electron chi connectivity index (χ2n) is 5.80. The number of halogens is 5. The minimum Gasteiger partial charge on any atom is -0.399 e. The molecule has 1 unspecified atom stereocenters. The molecule has 3 rings (SSSR count). The number of anilines is 1. The summed E-state index contributed by atoms with van der Waals surface area (Å²) in [5.41, 5.74) is 5.09. The Morgan fingerprint density at radius 2 is 1.58 bits per heavy atom. The highest BCUT2D eigenvalue weighted by Gasteiger charge is 2.58. The van der Waals surface area contributed by atoms with Crippen LogP contribution in [0, 0.1) is 0 Å². The zero-order valence-electron chi connectivity index (χ0n) is 12.4. The zero-order valence-corrected chi connectivity index (χ0v) is 13.9. The van der Waals surface area contributed by atoms with Gasteiger partial charge in [-0.2, -0.15) is 13.2 Å². The van der Waals surface area contributed by atoms with Crippen LogP contribution in [0.15, 0.2) is 47.5 Å². The van der Waals surface area contributed by atoms with Crippen LogP contribution in [0.1, 0.15) is 17.5 Å². The van der Waals surface area contributed by atoms with E-state index in [-0.39, 0.29) is 22.0 Å². The minimum absolute atomic E-state index is 0.0293. The number of hydrogen-bond acceptors (Lipinski definition) is 2. The van der Waals surface area contributed by atoms with Gasteiger partial charge in [-0.1, -0.05) is 35.3 Å². The lowest BCUT2D eigenvalue weighted by Gasteiger charge is -2.31. The number of hydrogen-bond donors (Lipinski definition) is 1. The third-order valence-corrected chi connectivity index (χ3v) is 4.65. The fourth-order valence-electron chi connectivity index (χ4n) is 2.87.